The first kappa shape index (κ1) is 15.1. The molecule has 0 saturated heterocycles. The fourth-order valence-corrected chi connectivity index (χ4v) is 2.92. The van der Waals surface area contributed by atoms with Gasteiger partial charge in [-0.3, -0.25) is 9.78 Å². The van der Waals surface area contributed by atoms with E-state index < -0.39 is 0 Å². The average Bonchev–Trinajstić information content (AvgIpc) is 2.53. The van der Waals surface area contributed by atoms with Crippen LogP contribution in [-0.4, -0.2) is 24.0 Å². The monoisotopic (exact) mass is 336 g/mol. The van der Waals surface area contributed by atoms with E-state index in [9.17, 15) is 4.79 Å². The lowest BCUT2D eigenvalue weighted by molar-refractivity contribution is -0.120. The van der Waals surface area contributed by atoms with Crippen molar-refractivity contribution in [3.8, 4) is 5.75 Å². The zero-order chi connectivity index (χ0) is 15.5. The lowest BCUT2D eigenvalue weighted by Gasteiger charge is -2.28. The first-order valence-electron chi connectivity index (χ1n) is 6.97. The van der Waals surface area contributed by atoms with Crippen LogP contribution in [0.5, 0.6) is 5.75 Å². The number of pyridine rings is 1. The summed E-state index contributed by atoms with van der Waals surface area (Å²) >= 11 is 11.9. The number of benzene rings is 1. The molecular weight excluding hydrogens is 323 g/mol. The van der Waals surface area contributed by atoms with Crippen molar-refractivity contribution in [2.75, 3.05) is 18.1 Å². The number of ether oxygens (including phenoxy) is 1. The van der Waals surface area contributed by atoms with E-state index in [2.05, 4.69) is 4.98 Å². The van der Waals surface area contributed by atoms with Crippen molar-refractivity contribution in [1.29, 1.82) is 0 Å². The Balaban J connectivity index is 1.70. The fraction of sp³-hybridized carbons (Fsp3) is 0.250. The van der Waals surface area contributed by atoms with Gasteiger partial charge in [0.2, 0.25) is 0 Å². The molecule has 114 valence electrons. The highest BCUT2D eigenvalue weighted by molar-refractivity contribution is 6.35. The molecule has 1 aromatic carbocycles. The van der Waals surface area contributed by atoms with Gasteiger partial charge in [-0.25, -0.2) is 0 Å². The molecular formula is C16H14Cl2N2O2. The standard InChI is InChI=1S/C16H14Cl2N2O2/c17-11-5-6-15(12(18)9-11)22-10-16(21)20-8-2-3-13-14(20)4-1-7-19-13/h1,4-7,9H,2-3,8,10H2. The Kier molecular flexibility index (Phi) is 4.50. The van der Waals surface area contributed by atoms with Gasteiger partial charge in [0.15, 0.2) is 6.61 Å². The summed E-state index contributed by atoms with van der Waals surface area (Å²) in [6, 6.07) is 8.66. The smallest absolute Gasteiger partial charge is 0.264 e. The van der Waals surface area contributed by atoms with Crippen LogP contribution in [0, 0.1) is 0 Å². The number of anilines is 1. The predicted molar refractivity (Wildman–Crippen MR) is 86.9 cm³/mol. The van der Waals surface area contributed by atoms with Crippen LogP contribution in [-0.2, 0) is 11.2 Å². The maximum absolute atomic E-state index is 12.4. The minimum absolute atomic E-state index is 0.0737. The summed E-state index contributed by atoms with van der Waals surface area (Å²) in [5, 5.41) is 0.917. The maximum Gasteiger partial charge on any atom is 0.264 e. The average molecular weight is 337 g/mol. The summed E-state index contributed by atoms with van der Waals surface area (Å²) in [4.78, 5) is 18.5. The van der Waals surface area contributed by atoms with Crippen LogP contribution in [0.15, 0.2) is 36.5 Å². The van der Waals surface area contributed by atoms with E-state index in [-0.39, 0.29) is 12.5 Å². The van der Waals surface area contributed by atoms with Crippen molar-refractivity contribution in [2.45, 2.75) is 12.8 Å². The minimum Gasteiger partial charge on any atom is -0.482 e. The number of hydrogen-bond donors (Lipinski definition) is 0. The lowest BCUT2D eigenvalue weighted by atomic mass is 10.1. The van der Waals surface area contributed by atoms with Crippen LogP contribution in [0.1, 0.15) is 12.1 Å². The van der Waals surface area contributed by atoms with E-state index in [0.717, 1.165) is 24.2 Å². The Bertz CT molecular complexity index is 706. The van der Waals surface area contributed by atoms with E-state index in [1.807, 2.05) is 12.1 Å². The molecule has 0 fully saturated rings. The van der Waals surface area contributed by atoms with Gasteiger partial charge in [0, 0.05) is 17.8 Å². The third kappa shape index (κ3) is 3.18. The van der Waals surface area contributed by atoms with Gasteiger partial charge in [0.1, 0.15) is 5.75 Å². The van der Waals surface area contributed by atoms with Gasteiger partial charge in [0.25, 0.3) is 5.91 Å². The first-order chi connectivity index (χ1) is 10.6. The number of carbonyl (C=O) groups excluding carboxylic acids is 1. The van der Waals surface area contributed by atoms with Gasteiger partial charge in [-0.15, -0.1) is 0 Å². The molecule has 0 N–H and O–H groups in total. The van der Waals surface area contributed by atoms with Crippen molar-refractivity contribution < 1.29 is 9.53 Å². The third-order valence-corrected chi connectivity index (χ3v) is 4.03. The van der Waals surface area contributed by atoms with Crippen molar-refractivity contribution in [1.82, 2.24) is 4.98 Å². The Labute approximate surface area is 138 Å². The highest BCUT2D eigenvalue weighted by Crippen LogP contribution is 2.28. The van der Waals surface area contributed by atoms with E-state index in [4.69, 9.17) is 27.9 Å². The Morgan fingerprint density at radius 2 is 2.18 bits per heavy atom. The topological polar surface area (TPSA) is 42.4 Å². The lowest BCUT2D eigenvalue weighted by Crippen LogP contribution is -2.38. The van der Waals surface area contributed by atoms with Crippen LogP contribution in [0.2, 0.25) is 10.0 Å². The number of aryl methyl sites for hydroxylation is 1. The molecule has 0 bridgehead atoms. The van der Waals surface area contributed by atoms with Crippen LogP contribution >= 0.6 is 23.2 Å². The molecule has 2 heterocycles. The SMILES string of the molecule is O=C(COc1ccc(Cl)cc1Cl)N1CCCc2ncccc21. The number of carbonyl (C=O) groups is 1. The second-order valence-corrected chi connectivity index (χ2v) is 5.83. The number of nitrogens with zero attached hydrogens (tertiary/aromatic N) is 2. The summed E-state index contributed by atoms with van der Waals surface area (Å²) in [6.07, 6.45) is 3.54. The highest BCUT2D eigenvalue weighted by atomic mass is 35.5. The summed E-state index contributed by atoms with van der Waals surface area (Å²) < 4.78 is 5.52. The van der Waals surface area contributed by atoms with Crippen molar-refractivity contribution in [2.24, 2.45) is 0 Å². The van der Waals surface area contributed by atoms with Crippen molar-refractivity contribution in [3.63, 3.8) is 0 Å². The predicted octanol–water partition coefficient (Wildman–Crippen LogP) is 3.75. The zero-order valence-corrected chi connectivity index (χ0v) is 13.3. The number of rotatable bonds is 3. The molecule has 22 heavy (non-hydrogen) atoms. The Morgan fingerprint density at radius 1 is 1.32 bits per heavy atom. The minimum atomic E-state index is -0.111. The van der Waals surface area contributed by atoms with Crippen molar-refractivity contribution in [3.05, 3.63) is 52.3 Å². The number of hydrogen-bond acceptors (Lipinski definition) is 3. The van der Waals surface area contributed by atoms with E-state index in [1.165, 1.54) is 0 Å². The molecule has 1 aliphatic rings. The third-order valence-electron chi connectivity index (χ3n) is 3.50. The number of aromatic nitrogens is 1. The number of amides is 1. The summed E-state index contributed by atoms with van der Waals surface area (Å²) in [5.74, 6) is 0.336. The summed E-state index contributed by atoms with van der Waals surface area (Å²) in [5.41, 5.74) is 1.82. The molecule has 0 unspecified atom stereocenters. The largest absolute Gasteiger partial charge is 0.482 e. The Morgan fingerprint density at radius 3 is 3.00 bits per heavy atom. The van der Waals surface area contributed by atoms with Gasteiger partial charge in [-0.05, 0) is 43.2 Å². The van der Waals surface area contributed by atoms with Gasteiger partial charge in [0.05, 0.1) is 16.4 Å². The Hall–Kier alpha value is -1.78. The number of halogens is 2. The molecule has 6 heteroatoms. The van der Waals surface area contributed by atoms with E-state index in [0.29, 0.717) is 22.3 Å². The summed E-state index contributed by atoms with van der Waals surface area (Å²) in [6.45, 7) is 0.602. The van der Waals surface area contributed by atoms with E-state index >= 15 is 0 Å². The second-order valence-electron chi connectivity index (χ2n) is 4.98. The van der Waals surface area contributed by atoms with Gasteiger partial charge in [-0.2, -0.15) is 0 Å². The molecule has 1 aromatic heterocycles. The normalized spacial score (nSPS) is 13.6. The van der Waals surface area contributed by atoms with Crippen LogP contribution < -0.4 is 9.64 Å². The van der Waals surface area contributed by atoms with Gasteiger partial charge < -0.3 is 9.64 Å². The quantitative estimate of drug-likeness (QED) is 0.857. The molecule has 2 aromatic rings. The van der Waals surface area contributed by atoms with Crippen LogP contribution in [0.4, 0.5) is 5.69 Å². The number of fused-ring (bicyclic) bond motifs is 1. The van der Waals surface area contributed by atoms with E-state index in [1.54, 1.807) is 29.3 Å². The molecule has 0 radical (unpaired) electrons. The second kappa shape index (κ2) is 6.55. The van der Waals surface area contributed by atoms with Crippen LogP contribution in [0.3, 0.4) is 0 Å². The molecule has 0 atom stereocenters. The maximum atomic E-state index is 12.4. The van der Waals surface area contributed by atoms with Crippen molar-refractivity contribution >= 4 is 34.8 Å². The zero-order valence-electron chi connectivity index (χ0n) is 11.8. The molecule has 3 rings (SSSR count). The molecule has 0 saturated carbocycles. The summed E-state index contributed by atoms with van der Waals surface area (Å²) in [7, 11) is 0. The molecule has 4 nitrogen and oxygen atoms in total. The van der Waals surface area contributed by atoms with Gasteiger partial charge >= 0.3 is 0 Å². The highest BCUT2D eigenvalue weighted by Gasteiger charge is 2.23. The first-order valence-corrected chi connectivity index (χ1v) is 7.73. The molecule has 0 aliphatic carbocycles. The fourth-order valence-electron chi connectivity index (χ4n) is 2.46. The van der Waals surface area contributed by atoms with Gasteiger partial charge in [-0.1, -0.05) is 23.2 Å². The molecule has 0 spiro atoms. The van der Waals surface area contributed by atoms with Crippen LogP contribution in [0.25, 0.3) is 0 Å². The molecule has 1 aliphatic heterocycles. The molecule has 1 amide bonds.